The number of Topliss-reactive ketones (excluding diaryl/α,β-unsaturated/α-hetero) is 1. The normalized spacial score (nSPS) is 19.2. The number of sulfonamides is 1. The summed E-state index contributed by atoms with van der Waals surface area (Å²) >= 11 is 6.16. The summed E-state index contributed by atoms with van der Waals surface area (Å²) in [7, 11) is -2.10. The first kappa shape index (κ1) is 21.5. The maximum absolute atomic E-state index is 11.9. The molecule has 1 fully saturated rings. The largest absolute Gasteiger partial charge is 0.472 e. The number of aliphatic imine (C=N–C) groups is 1. The molecule has 162 valence electrons. The second-order valence-electron chi connectivity index (χ2n) is 7.18. The molecule has 0 radical (unpaired) electrons. The third-order valence-electron chi connectivity index (χ3n) is 5.19. The zero-order valence-electron chi connectivity index (χ0n) is 16.8. The van der Waals surface area contributed by atoms with Crippen molar-refractivity contribution >= 4 is 33.6 Å². The quantitative estimate of drug-likeness (QED) is 0.709. The number of likely N-dealkylation sites (tertiary alicyclic amines) is 1. The van der Waals surface area contributed by atoms with E-state index in [9.17, 15) is 13.2 Å². The number of benzene rings is 1. The van der Waals surface area contributed by atoms with Crippen LogP contribution in [0, 0.1) is 0 Å². The number of dihydropyridines is 1. The van der Waals surface area contributed by atoms with Crippen LogP contribution in [0.3, 0.4) is 0 Å². The van der Waals surface area contributed by atoms with Crippen LogP contribution >= 0.6 is 11.6 Å². The van der Waals surface area contributed by atoms with Crippen LogP contribution in [0.1, 0.15) is 6.42 Å². The van der Waals surface area contributed by atoms with Gasteiger partial charge in [0.2, 0.25) is 15.9 Å². The molecule has 2 aliphatic heterocycles. The lowest BCUT2D eigenvalue weighted by molar-refractivity contribution is -0.113. The SMILES string of the molecule is CNS(=O)(=O)c1ccc(-c2ccnc(O[C@@H]3CCN(C4=C(Cl)C(=O)CN=C4)C3)c2)cc1. The summed E-state index contributed by atoms with van der Waals surface area (Å²) in [4.78, 5) is 22.4. The minimum Gasteiger partial charge on any atom is -0.472 e. The number of aromatic nitrogens is 1. The van der Waals surface area contributed by atoms with E-state index in [1.54, 1.807) is 36.7 Å². The molecule has 0 aliphatic carbocycles. The van der Waals surface area contributed by atoms with Crippen LogP contribution < -0.4 is 9.46 Å². The van der Waals surface area contributed by atoms with Gasteiger partial charge < -0.3 is 9.64 Å². The summed E-state index contributed by atoms with van der Waals surface area (Å²) < 4.78 is 32.1. The van der Waals surface area contributed by atoms with Gasteiger partial charge in [0.1, 0.15) is 17.7 Å². The maximum atomic E-state index is 11.9. The van der Waals surface area contributed by atoms with Gasteiger partial charge in [-0.2, -0.15) is 0 Å². The molecule has 0 amide bonds. The standard InChI is InChI=1S/C21H21ClN4O4S/c1-23-31(28,29)17-4-2-14(3-5-17)15-6-8-25-20(10-15)30-16-7-9-26(13-16)18-11-24-12-19(27)21(18)22/h2-6,8,10-11,16,23H,7,9,12-13H2,1H3/t16-/m1/s1. The third-order valence-corrected chi connectivity index (χ3v) is 7.03. The molecular weight excluding hydrogens is 440 g/mol. The molecule has 2 aliphatic rings. The predicted octanol–water partition coefficient (Wildman–Crippen LogP) is 2.21. The highest BCUT2D eigenvalue weighted by atomic mass is 35.5. The van der Waals surface area contributed by atoms with Crippen molar-refractivity contribution in [1.82, 2.24) is 14.6 Å². The summed E-state index contributed by atoms with van der Waals surface area (Å²) in [6.07, 6.45) is 3.95. The number of pyridine rings is 1. The highest BCUT2D eigenvalue weighted by molar-refractivity contribution is 7.89. The molecule has 1 aromatic heterocycles. The topological polar surface area (TPSA) is 101 Å². The molecule has 0 unspecified atom stereocenters. The Bertz CT molecular complexity index is 1160. The van der Waals surface area contributed by atoms with E-state index in [4.69, 9.17) is 16.3 Å². The van der Waals surface area contributed by atoms with Gasteiger partial charge >= 0.3 is 0 Å². The first-order valence-electron chi connectivity index (χ1n) is 9.72. The van der Waals surface area contributed by atoms with Crippen molar-refractivity contribution in [2.45, 2.75) is 17.4 Å². The number of allylic oxidation sites excluding steroid dienone is 1. The average molecular weight is 461 g/mol. The van der Waals surface area contributed by atoms with Crippen molar-refractivity contribution < 1.29 is 17.9 Å². The number of halogens is 1. The molecule has 1 saturated heterocycles. The van der Waals surface area contributed by atoms with Crippen LogP contribution in [0.2, 0.25) is 0 Å². The summed E-state index contributed by atoms with van der Waals surface area (Å²) in [6.45, 7) is 1.37. The average Bonchev–Trinajstić information content (AvgIpc) is 3.24. The number of carbonyl (C=O) groups excluding carboxylic acids is 1. The Kier molecular flexibility index (Phi) is 6.08. The molecule has 4 rings (SSSR count). The Morgan fingerprint density at radius 3 is 2.71 bits per heavy atom. The number of ether oxygens (including phenoxy) is 1. The second-order valence-corrected chi connectivity index (χ2v) is 9.45. The molecule has 3 heterocycles. The van der Waals surface area contributed by atoms with Crippen molar-refractivity contribution in [3.05, 3.63) is 53.3 Å². The first-order valence-corrected chi connectivity index (χ1v) is 11.6. The molecule has 1 N–H and O–H groups in total. The van der Waals surface area contributed by atoms with Crippen LogP contribution in [0.15, 0.2) is 63.2 Å². The zero-order valence-corrected chi connectivity index (χ0v) is 18.4. The summed E-state index contributed by atoms with van der Waals surface area (Å²) in [5, 5.41) is 0.222. The van der Waals surface area contributed by atoms with E-state index < -0.39 is 10.0 Å². The van der Waals surface area contributed by atoms with Gasteiger partial charge in [-0.3, -0.25) is 9.79 Å². The number of ketones is 1. The number of hydrogen-bond donors (Lipinski definition) is 1. The predicted molar refractivity (Wildman–Crippen MR) is 118 cm³/mol. The fourth-order valence-electron chi connectivity index (χ4n) is 3.52. The van der Waals surface area contributed by atoms with Crippen LogP contribution in [0.4, 0.5) is 0 Å². The number of hydrogen-bond acceptors (Lipinski definition) is 7. The highest BCUT2D eigenvalue weighted by Crippen LogP contribution is 2.27. The van der Waals surface area contributed by atoms with E-state index in [1.165, 1.54) is 7.05 Å². The number of nitrogens with one attached hydrogen (secondary N) is 1. The van der Waals surface area contributed by atoms with Gasteiger partial charge in [0.25, 0.3) is 0 Å². The summed E-state index contributed by atoms with van der Waals surface area (Å²) in [6, 6.07) is 10.3. The van der Waals surface area contributed by atoms with E-state index in [0.29, 0.717) is 24.7 Å². The molecule has 31 heavy (non-hydrogen) atoms. The number of nitrogens with zero attached hydrogens (tertiary/aromatic N) is 3. The zero-order chi connectivity index (χ0) is 22.0. The van der Waals surface area contributed by atoms with E-state index in [-0.39, 0.29) is 28.4 Å². The lowest BCUT2D eigenvalue weighted by atomic mass is 10.1. The molecular formula is C21H21ClN4O4S. The molecule has 10 heteroatoms. The van der Waals surface area contributed by atoms with E-state index in [0.717, 1.165) is 17.5 Å². The number of rotatable bonds is 6. The minimum absolute atomic E-state index is 0.0919. The van der Waals surface area contributed by atoms with E-state index >= 15 is 0 Å². The van der Waals surface area contributed by atoms with Gasteiger partial charge in [-0.1, -0.05) is 23.7 Å². The van der Waals surface area contributed by atoms with Crippen molar-refractivity contribution in [2.75, 3.05) is 26.7 Å². The molecule has 8 nitrogen and oxygen atoms in total. The lowest BCUT2D eigenvalue weighted by Gasteiger charge is -2.22. The van der Waals surface area contributed by atoms with E-state index in [1.807, 2.05) is 17.0 Å². The van der Waals surface area contributed by atoms with Gasteiger partial charge in [0, 0.05) is 31.4 Å². The Balaban J connectivity index is 1.46. The highest BCUT2D eigenvalue weighted by Gasteiger charge is 2.29. The monoisotopic (exact) mass is 460 g/mol. The molecule has 0 bridgehead atoms. The van der Waals surface area contributed by atoms with Gasteiger partial charge in [0.15, 0.2) is 5.78 Å². The molecule has 0 spiro atoms. The molecule has 0 saturated carbocycles. The Morgan fingerprint density at radius 2 is 1.97 bits per heavy atom. The van der Waals surface area contributed by atoms with Gasteiger partial charge in [-0.05, 0) is 36.4 Å². The van der Waals surface area contributed by atoms with E-state index in [2.05, 4.69) is 14.7 Å². The van der Waals surface area contributed by atoms with Crippen molar-refractivity contribution in [1.29, 1.82) is 0 Å². The summed E-state index contributed by atoms with van der Waals surface area (Å²) in [5.74, 6) is 0.302. The fraction of sp³-hybridized carbons (Fsp3) is 0.286. The van der Waals surface area contributed by atoms with Crippen molar-refractivity contribution in [3.8, 4) is 17.0 Å². The fourth-order valence-corrected chi connectivity index (χ4v) is 4.47. The van der Waals surface area contributed by atoms with Crippen LogP contribution in [-0.2, 0) is 14.8 Å². The smallest absolute Gasteiger partial charge is 0.240 e. The van der Waals surface area contributed by atoms with Gasteiger partial charge in [-0.25, -0.2) is 18.1 Å². The summed E-state index contributed by atoms with van der Waals surface area (Å²) in [5.41, 5.74) is 2.36. The van der Waals surface area contributed by atoms with Crippen molar-refractivity contribution in [3.63, 3.8) is 0 Å². The van der Waals surface area contributed by atoms with Crippen LogP contribution in [0.5, 0.6) is 5.88 Å². The van der Waals surface area contributed by atoms with Crippen molar-refractivity contribution in [2.24, 2.45) is 4.99 Å². The van der Waals surface area contributed by atoms with Crippen LogP contribution in [0.25, 0.3) is 11.1 Å². The van der Waals surface area contributed by atoms with Crippen LogP contribution in [-0.4, -0.2) is 63.1 Å². The Morgan fingerprint density at radius 1 is 1.19 bits per heavy atom. The Labute approximate surface area is 185 Å². The molecule has 2 aromatic rings. The molecule has 1 aromatic carbocycles. The third kappa shape index (κ3) is 4.63. The molecule has 1 atom stereocenters. The first-order chi connectivity index (χ1) is 14.9. The number of carbonyl (C=O) groups is 1. The van der Waals surface area contributed by atoms with Gasteiger partial charge in [0.05, 0.1) is 17.1 Å². The second kappa shape index (κ2) is 8.78. The minimum atomic E-state index is -3.48. The maximum Gasteiger partial charge on any atom is 0.240 e. The lowest BCUT2D eigenvalue weighted by Crippen LogP contribution is -2.28. The Hall–Kier alpha value is -2.75. The van der Waals surface area contributed by atoms with Gasteiger partial charge in [-0.15, -0.1) is 0 Å².